The number of nitrogens with one attached hydrogen (secondary N) is 1. The molecule has 1 aromatic rings. The molecule has 2 aliphatic rings. The quantitative estimate of drug-likeness (QED) is 0.857. The minimum atomic E-state index is 0.195. The summed E-state index contributed by atoms with van der Waals surface area (Å²) in [5, 5.41) is 3.42. The molecule has 0 atom stereocenters. The van der Waals surface area contributed by atoms with E-state index in [0.717, 1.165) is 38.5 Å². The van der Waals surface area contributed by atoms with E-state index >= 15 is 0 Å². The van der Waals surface area contributed by atoms with Gasteiger partial charge in [-0.1, -0.05) is 6.07 Å². The first-order chi connectivity index (χ1) is 8.31. The number of rotatable bonds is 3. The Hall–Kier alpha value is -0.710. The molecule has 0 bridgehead atoms. The van der Waals surface area contributed by atoms with Gasteiger partial charge in [0.15, 0.2) is 0 Å². The number of fused-ring (bicyclic) bond motifs is 1. The molecule has 3 rings (SSSR count). The van der Waals surface area contributed by atoms with Crippen molar-refractivity contribution in [2.24, 2.45) is 11.1 Å². The van der Waals surface area contributed by atoms with Crippen LogP contribution in [0.2, 0.25) is 0 Å². The molecule has 3 nitrogen and oxygen atoms in total. The van der Waals surface area contributed by atoms with Crippen LogP contribution in [0.25, 0.3) is 0 Å². The van der Waals surface area contributed by atoms with Crippen LogP contribution in [0.15, 0.2) is 23.1 Å². The molecule has 0 aliphatic carbocycles. The Balaban J connectivity index is 1.79. The van der Waals surface area contributed by atoms with Crippen LogP contribution in [0, 0.1) is 5.41 Å². The number of hydrogen-bond acceptors (Lipinski definition) is 4. The fourth-order valence-corrected chi connectivity index (χ4v) is 3.36. The summed E-state index contributed by atoms with van der Waals surface area (Å²) in [7, 11) is 0. The van der Waals surface area contributed by atoms with E-state index in [1.54, 1.807) is 0 Å². The highest BCUT2D eigenvalue weighted by atomic mass is 32.2. The molecule has 1 aromatic carbocycles. The highest BCUT2D eigenvalue weighted by Crippen LogP contribution is 2.35. The van der Waals surface area contributed by atoms with E-state index in [1.807, 2.05) is 11.8 Å². The molecular weight excluding hydrogens is 232 g/mol. The molecule has 17 heavy (non-hydrogen) atoms. The third-order valence-corrected chi connectivity index (χ3v) is 4.61. The van der Waals surface area contributed by atoms with Gasteiger partial charge < -0.3 is 15.8 Å². The third kappa shape index (κ3) is 2.17. The van der Waals surface area contributed by atoms with Gasteiger partial charge in [0.2, 0.25) is 0 Å². The molecular formula is C13H18N2OS. The normalized spacial score (nSPS) is 21.2. The van der Waals surface area contributed by atoms with Crippen molar-refractivity contribution in [2.75, 3.05) is 37.4 Å². The van der Waals surface area contributed by atoms with Gasteiger partial charge in [0, 0.05) is 34.8 Å². The first-order valence-corrected chi connectivity index (χ1v) is 7.07. The van der Waals surface area contributed by atoms with E-state index in [1.165, 1.54) is 16.1 Å². The Labute approximate surface area is 106 Å². The van der Waals surface area contributed by atoms with Crippen LogP contribution in [-0.2, 0) is 11.2 Å². The molecule has 0 amide bonds. The summed E-state index contributed by atoms with van der Waals surface area (Å²) >= 11 is 1.94. The van der Waals surface area contributed by atoms with Gasteiger partial charge in [-0.2, -0.15) is 0 Å². The van der Waals surface area contributed by atoms with Crippen molar-refractivity contribution in [1.29, 1.82) is 0 Å². The van der Waals surface area contributed by atoms with E-state index in [2.05, 4.69) is 23.5 Å². The molecule has 0 radical (unpaired) electrons. The molecule has 0 saturated carbocycles. The van der Waals surface area contributed by atoms with E-state index in [9.17, 15) is 0 Å². The van der Waals surface area contributed by atoms with Crippen molar-refractivity contribution in [1.82, 2.24) is 0 Å². The van der Waals surface area contributed by atoms with Crippen LogP contribution in [0.3, 0.4) is 0 Å². The Morgan fingerprint density at radius 1 is 1.41 bits per heavy atom. The number of benzene rings is 1. The zero-order valence-electron chi connectivity index (χ0n) is 9.87. The Morgan fingerprint density at radius 3 is 3.00 bits per heavy atom. The van der Waals surface area contributed by atoms with E-state index < -0.39 is 0 Å². The molecule has 92 valence electrons. The van der Waals surface area contributed by atoms with Crippen LogP contribution >= 0.6 is 11.8 Å². The van der Waals surface area contributed by atoms with Gasteiger partial charge in [0.05, 0.1) is 13.2 Å². The predicted octanol–water partition coefficient (Wildman–Crippen LogP) is 1.72. The van der Waals surface area contributed by atoms with Crippen molar-refractivity contribution in [3.05, 3.63) is 23.8 Å². The van der Waals surface area contributed by atoms with Crippen molar-refractivity contribution in [3.63, 3.8) is 0 Å². The summed E-state index contributed by atoms with van der Waals surface area (Å²) in [6.45, 7) is 3.41. The molecule has 0 spiro atoms. The van der Waals surface area contributed by atoms with Crippen molar-refractivity contribution in [2.45, 2.75) is 11.3 Å². The standard InChI is InChI=1S/C13H18N2OS/c14-7-13(8-16-9-13)6-10-1-2-11-12(5-10)17-4-3-15-11/h1-2,5,15H,3-4,6-9,14H2. The lowest BCUT2D eigenvalue weighted by Gasteiger charge is -2.40. The fraction of sp³-hybridized carbons (Fsp3) is 0.538. The zero-order chi connectivity index (χ0) is 11.7. The van der Waals surface area contributed by atoms with Gasteiger partial charge in [-0.05, 0) is 24.1 Å². The van der Waals surface area contributed by atoms with Crippen molar-refractivity contribution in [3.8, 4) is 0 Å². The highest BCUT2D eigenvalue weighted by molar-refractivity contribution is 7.99. The molecule has 1 fully saturated rings. The second kappa shape index (κ2) is 4.52. The Kier molecular flexibility index (Phi) is 3.03. The zero-order valence-corrected chi connectivity index (χ0v) is 10.7. The van der Waals surface area contributed by atoms with Gasteiger partial charge in [-0.3, -0.25) is 0 Å². The molecule has 2 heterocycles. The lowest BCUT2D eigenvalue weighted by molar-refractivity contribution is -0.106. The van der Waals surface area contributed by atoms with Crippen LogP contribution in [0.1, 0.15) is 5.56 Å². The summed E-state index contributed by atoms with van der Waals surface area (Å²) in [5.74, 6) is 1.15. The van der Waals surface area contributed by atoms with Gasteiger partial charge in [-0.25, -0.2) is 0 Å². The largest absolute Gasteiger partial charge is 0.383 e. The number of ether oxygens (including phenoxy) is 1. The summed E-state index contributed by atoms with van der Waals surface area (Å²) in [6, 6.07) is 6.72. The summed E-state index contributed by atoms with van der Waals surface area (Å²) < 4.78 is 5.32. The van der Waals surface area contributed by atoms with E-state index in [0.29, 0.717) is 0 Å². The molecule has 0 aromatic heterocycles. The van der Waals surface area contributed by atoms with Crippen LogP contribution in [0.5, 0.6) is 0 Å². The number of thioether (sulfide) groups is 1. The van der Waals surface area contributed by atoms with Crippen LogP contribution in [-0.4, -0.2) is 32.1 Å². The smallest absolute Gasteiger partial charge is 0.0560 e. The molecule has 2 aliphatic heterocycles. The first-order valence-electron chi connectivity index (χ1n) is 6.09. The molecule has 4 heteroatoms. The summed E-state index contributed by atoms with van der Waals surface area (Å²) in [5.41, 5.74) is 8.71. The monoisotopic (exact) mass is 250 g/mol. The lowest BCUT2D eigenvalue weighted by atomic mass is 9.80. The molecule has 1 saturated heterocycles. The fourth-order valence-electron chi connectivity index (χ4n) is 2.40. The minimum Gasteiger partial charge on any atom is -0.383 e. The number of hydrogen-bond donors (Lipinski definition) is 2. The van der Waals surface area contributed by atoms with Crippen LogP contribution < -0.4 is 11.1 Å². The lowest BCUT2D eigenvalue weighted by Crippen LogP contribution is -2.49. The minimum absolute atomic E-state index is 0.195. The average molecular weight is 250 g/mol. The SMILES string of the molecule is NCC1(Cc2ccc3c(c2)SCCN3)COC1. The first kappa shape index (κ1) is 11.4. The van der Waals surface area contributed by atoms with Crippen molar-refractivity contribution >= 4 is 17.4 Å². The predicted molar refractivity (Wildman–Crippen MR) is 71.7 cm³/mol. The third-order valence-electron chi connectivity index (χ3n) is 3.55. The topological polar surface area (TPSA) is 47.3 Å². The second-order valence-electron chi connectivity index (χ2n) is 4.98. The number of anilines is 1. The van der Waals surface area contributed by atoms with Gasteiger partial charge in [0.1, 0.15) is 0 Å². The number of nitrogens with two attached hydrogens (primary N) is 1. The molecule has 0 unspecified atom stereocenters. The van der Waals surface area contributed by atoms with E-state index in [-0.39, 0.29) is 5.41 Å². The van der Waals surface area contributed by atoms with Gasteiger partial charge in [0.25, 0.3) is 0 Å². The Morgan fingerprint density at radius 2 is 2.29 bits per heavy atom. The van der Waals surface area contributed by atoms with E-state index in [4.69, 9.17) is 10.5 Å². The van der Waals surface area contributed by atoms with Gasteiger partial charge >= 0.3 is 0 Å². The highest BCUT2D eigenvalue weighted by Gasteiger charge is 2.37. The molecule has 3 N–H and O–H groups in total. The van der Waals surface area contributed by atoms with Gasteiger partial charge in [-0.15, -0.1) is 11.8 Å². The second-order valence-corrected chi connectivity index (χ2v) is 6.12. The maximum absolute atomic E-state index is 5.86. The maximum Gasteiger partial charge on any atom is 0.0560 e. The average Bonchev–Trinajstić information content (AvgIpc) is 2.34. The maximum atomic E-state index is 5.86. The van der Waals surface area contributed by atoms with Crippen LogP contribution in [0.4, 0.5) is 5.69 Å². The van der Waals surface area contributed by atoms with Crippen molar-refractivity contribution < 1.29 is 4.74 Å². The summed E-state index contributed by atoms with van der Waals surface area (Å²) in [4.78, 5) is 1.38. The Bertz CT molecular complexity index is 412. The summed E-state index contributed by atoms with van der Waals surface area (Å²) in [6.07, 6.45) is 1.04.